The van der Waals surface area contributed by atoms with Crippen LogP contribution >= 0.6 is 11.6 Å². The minimum absolute atomic E-state index is 0.308. The number of piperidine rings is 1. The molecule has 2 aliphatic rings. The van der Waals surface area contributed by atoms with E-state index < -0.39 is 5.79 Å². The van der Waals surface area contributed by atoms with E-state index in [-0.39, 0.29) is 0 Å². The van der Waals surface area contributed by atoms with Gasteiger partial charge in [0.25, 0.3) is 5.79 Å². The van der Waals surface area contributed by atoms with Gasteiger partial charge < -0.3 is 14.8 Å². The van der Waals surface area contributed by atoms with Crippen LogP contribution in [0.25, 0.3) is 0 Å². The van der Waals surface area contributed by atoms with Crippen molar-refractivity contribution in [1.29, 1.82) is 0 Å². The highest BCUT2D eigenvalue weighted by molar-refractivity contribution is 6.30. The molecule has 4 heteroatoms. The topological polar surface area (TPSA) is 30.5 Å². The van der Waals surface area contributed by atoms with Gasteiger partial charge in [0.1, 0.15) is 0 Å². The van der Waals surface area contributed by atoms with Gasteiger partial charge in [-0.25, -0.2) is 0 Å². The van der Waals surface area contributed by atoms with Gasteiger partial charge in [0.05, 0.1) is 0 Å². The average Bonchev–Trinajstić information content (AvgIpc) is 2.97. The van der Waals surface area contributed by atoms with Crippen LogP contribution in [0.2, 0.25) is 5.02 Å². The van der Waals surface area contributed by atoms with Crippen molar-refractivity contribution >= 4 is 11.6 Å². The standard InChI is InChI=1S/C18H18ClNO2/c19-15-7-5-13(6-8-15)18(14-9-11-20-12-10-14)21-16-3-1-2-4-17(16)22-18/h1-8,14,20H,9-12H2. The Balaban J connectivity index is 1.77. The maximum Gasteiger partial charge on any atom is 0.281 e. The van der Waals surface area contributed by atoms with Crippen LogP contribution < -0.4 is 14.8 Å². The number of halogens is 1. The molecule has 2 heterocycles. The van der Waals surface area contributed by atoms with Gasteiger partial charge in [0.2, 0.25) is 0 Å². The molecule has 114 valence electrons. The lowest BCUT2D eigenvalue weighted by Crippen LogP contribution is -2.47. The quantitative estimate of drug-likeness (QED) is 0.910. The second-order valence-electron chi connectivity index (χ2n) is 5.85. The molecular weight excluding hydrogens is 298 g/mol. The van der Waals surface area contributed by atoms with Crippen LogP contribution in [0.3, 0.4) is 0 Å². The maximum absolute atomic E-state index is 6.37. The second kappa shape index (κ2) is 5.49. The van der Waals surface area contributed by atoms with Crippen molar-refractivity contribution in [1.82, 2.24) is 5.32 Å². The highest BCUT2D eigenvalue weighted by atomic mass is 35.5. The summed E-state index contributed by atoms with van der Waals surface area (Å²) in [6.45, 7) is 1.98. The van der Waals surface area contributed by atoms with Gasteiger partial charge >= 0.3 is 0 Å². The second-order valence-corrected chi connectivity index (χ2v) is 6.29. The number of hydrogen-bond donors (Lipinski definition) is 1. The number of rotatable bonds is 2. The van der Waals surface area contributed by atoms with Gasteiger partial charge in [-0.05, 0) is 62.3 Å². The maximum atomic E-state index is 6.37. The number of benzene rings is 2. The summed E-state index contributed by atoms with van der Waals surface area (Å²) in [5.74, 6) is 1.20. The summed E-state index contributed by atoms with van der Waals surface area (Å²) in [6.07, 6.45) is 2.05. The van der Waals surface area contributed by atoms with Gasteiger partial charge in [-0.3, -0.25) is 0 Å². The zero-order chi connectivity index (χ0) is 15.0. The lowest BCUT2D eigenvalue weighted by molar-refractivity contribution is -0.142. The summed E-state index contributed by atoms with van der Waals surface area (Å²) in [5, 5.41) is 4.13. The van der Waals surface area contributed by atoms with Gasteiger partial charge in [0, 0.05) is 16.5 Å². The molecule has 2 aliphatic heterocycles. The molecule has 0 radical (unpaired) electrons. The van der Waals surface area contributed by atoms with Gasteiger partial charge in [-0.2, -0.15) is 0 Å². The highest BCUT2D eigenvalue weighted by Gasteiger charge is 2.50. The Labute approximate surface area is 135 Å². The number of fused-ring (bicyclic) bond motifs is 1. The van der Waals surface area contributed by atoms with Gasteiger partial charge in [0.15, 0.2) is 11.5 Å². The third-order valence-corrected chi connectivity index (χ3v) is 4.75. The lowest BCUT2D eigenvalue weighted by Gasteiger charge is -2.38. The van der Waals surface area contributed by atoms with E-state index >= 15 is 0 Å². The average molecular weight is 316 g/mol. The van der Waals surface area contributed by atoms with E-state index in [1.807, 2.05) is 48.5 Å². The minimum Gasteiger partial charge on any atom is -0.444 e. The zero-order valence-corrected chi connectivity index (χ0v) is 13.0. The molecule has 22 heavy (non-hydrogen) atoms. The van der Waals surface area contributed by atoms with Crippen LogP contribution in [0.5, 0.6) is 11.5 Å². The largest absolute Gasteiger partial charge is 0.444 e. The first kappa shape index (κ1) is 13.9. The molecule has 0 aliphatic carbocycles. The summed E-state index contributed by atoms with van der Waals surface area (Å²) in [7, 11) is 0. The normalized spacial score (nSPS) is 20.0. The Bertz CT molecular complexity index is 640. The molecule has 0 spiro atoms. The van der Waals surface area contributed by atoms with Crippen LogP contribution in [0.1, 0.15) is 18.4 Å². The first-order valence-electron chi connectivity index (χ1n) is 7.72. The lowest BCUT2D eigenvalue weighted by atomic mass is 9.84. The molecule has 0 unspecified atom stereocenters. The number of hydrogen-bond acceptors (Lipinski definition) is 3. The number of para-hydroxylation sites is 2. The van der Waals surface area contributed by atoms with Crippen molar-refractivity contribution in [3.8, 4) is 11.5 Å². The van der Waals surface area contributed by atoms with Crippen LogP contribution in [0.4, 0.5) is 0 Å². The molecule has 1 saturated heterocycles. The first-order chi connectivity index (χ1) is 10.8. The molecule has 2 aromatic rings. The summed E-state index contributed by atoms with van der Waals surface area (Å²) in [4.78, 5) is 0. The molecule has 3 nitrogen and oxygen atoms in total. The smallest absolute Gasteiger partial charge is 0.281 e. The van der Waals surface area contributed by atoms with Crippen molar-refractivity contribution < 1.29 is 9.47 Å². The van der Waals surface area contributed by atoms with Crippen molar-refractivity contribution in [3.63, 3.8) is 0 Å². The first-order valence-corrected chi connectivity index (χ1v) is 8.09. The molecule has 0 aromatic heterocycles. The third kappa shape index (κ3) is 2.25. The van der Waals surface area contributed by atoms with E-state index in [1.165, 1.54) is 0 Å². The Hall–Kier alpha value is -1.71. The van der Waals surface area contributed by atoms with Gasteiger partial charge in [-0.15, -0.1) is 0 Å². The van der Waals surface area contributed by atoms with E-state index in [0.29, 0.717) is 5.92 Å². The fourth-order valence-corrected chi connectivity index (χ4v) is 3.50. The van der Waals surface area contributed by atoms with Crippen molar-refractivity contribution in [2.75, 3.05) is 13.1 Å². The summed E-state index contributed by atoms with van der Waals surface area (Å²) in [5.41, 5.74) is 1.03. The Morgan fingerprint density at radius 2 is 1.50 bits per heavy atom. The molecule has 0 amide bonds. The molecule has 1 fully saturated rings. The molecule has 0 atom stereocenters. The summed E-state index contributed by atoms with van der Waals surface area (Å²) in [6, 6.07) is 15.7. The van der Waals surface area contributed by atoms with Crippen molar-refractivity contribution in [2.45, 2.75) is 18.6 Å². The van der Waals surface area contributed by atoms with E-state index in [2.05, 4.69) is 5.32 Å². The number of ether oxygens (including phenoxy) is 2. The van der Waals surface area contributed by atoms with E-state index in [4.69, 9.17) is 21.1 Å². The fourth-order valence-electron chi connectivity index (χ4n) is 3.37. The number of nitrogens with one attached hydrogen (secondary N) is 1. The minimum atomic E-state index is -0.740. The third-order valence-electron chi connectivity index (χ3n) is 4.50. The SMILES string of the molecule is Clc1ccc(C2(C3CCNCC3)Oc3ccccc3O2)cc1. The Morgan fingerprint density at radius 1 is 0.909 bits per heavy atom. The van der Waals surface area contributed by atoms with Crippen LogP contribution in [0.15, 0.2) is 48.5 Å². The van der Waals surface area contributed by atoms with Crippen LogP contribution in [-0.2, 0) is 5.79 Å². The van der Waals surface area contributed by atoms with E-state index in [9.17, 15) is 0 Å². The van der Waals surface area contributed by atoms with E-state index in [1.54, 1.807) is 0 Å². The predicted octanol–water partition coefficient (Wildman–Crippen LogP) is 3.96. The Kier molecular flexibility index (Phi) is 3.47. The molecule has 0 saturated carbocycles. The fraction of sp³-hybridized carbons (Fsp3) is 0.333. The highest BCUT2D eigenvalue weighted by Crippen LogP contribution is 2.49. The van der Waals surface area contributed by atoms with Crippen LogP contribution in [0, 0.1) is 5.92 Å². The predicted molar refractivity (Wildman–Crippen MR) is 86.4 cm³/mol. The van der Waals surface area contributed by atoms with Crippen molar-refractivity contribution in [2.24, 2.45) is 5.92 Å². The Morgan fingerprint density at radius 3 is 2.09 bits per heavy atom. The summed E-state index contributed by atoms with van der Waals surface area (Å²) >= 11 is 6.05. The molecule has 2 aromatic carbocycles. The molecular formula is C18H18ClNO2. The zero-order valence-electron chi connectivity index (χ0n) is 12.2. The molecule has 4 rings (SSSR count). The van der Waals surface area contributed by atoms with Crippen molar-refractivity contribution in [3.05, 3.63) is 59.1 Å². The molecule has 1 N–H and O–H groups in total. The molecule has 0 bridgehead atoms. The van der Waals surface area contributed by atoms with Crippen LogP contribution in [-0.4, -0.2) is 13.1 Å². The monoisotopic (exact) mass is 315 g/mol. The summed E-state index contributed by atoms with van der Waals surface area (Å²) < 4.78 is 12.7. The van der Waals surface area contributed by atoms with Gasteiger partial charge in [-0.1, -0.05) is 23.7 Å². The van der Waals surface area contributed by atoms with E-state index in [0.717, 1.165) is 48.0 Å².